The molecule has 0 N–H and O–H groups in total. The number of hydrogen-bond acceptors (Lipinski definition) is 0. The summed E-state index contributed by atoms with van der Waals surface area (Å²) in [4.78, 5) is 0. The van der Waals surface area contributed by atoms with E-state index in [1.165, 1.54) is 76.5 Å². The van der Waals surface area contributed by atoms with Crippen molar-refractivity contribution in [2.24, 2.45) is 0 Å². The van der Waals surface area contributed by atoms with Gasteiger partial charge in [-0.05, 0) is 124 Å². The molecule has 2 aliphatic carbocycles. The van der Waals surface area contributed by atoms with Crippen LogP contribution in [0.3, 0.4) is 0 Å². The quantitative estimate of drug-likeness (QED) is 0.191. The van der Waals surface area contributed by atoms with Crippen molar-refractivity contribution in [3.63, 3.8) is 0 Å². The lowest BCUT2D eigenvalue weighted by Crippen LogP contribution is -2.27. The Morgan fingerprint density at radius 3 is 1.73 bits per heavy atom. The minimum Gasteiger partial charge on any atom is -0.0801 e. The Morgan fingerprint density at radius 2 is 1.27 bits per heavy atom. The van der Waals surface area contributed by atoms with Crippen molar-refractivity contribution in [3.8, 4) is 0 Å². The Morgan fingerprint density at radius 1 is 0.689 bits per heavy atom. The Kier molecular flexibility index (Phi) is 7.93. The van der Waals surface area contributed by atoms with Gasteiger partial charge in [0.2, 0.25) is 0 Å². The van der Waals surface area contributed by atoms with Crippen LogP contribution in [-0.2, 0) is 10.8 Å². The minimum atomic E-state index is -0.0156. The summed E-state index contributed by atoms with van der Waals surface area (Å²) in [5.41, 5.74) is 13.7. The minimum absolute atomic E-state index is 0.0139. The van der Waals surface area contributed by atoms with Crippen LogP contribution < -0.4 is 10.4 Å². The Hall–Kier alpha value is -3.90. The molecule has 0 aromatic heterocycles. The molecule has 0 saturated carbocycles. The SMILES string of the molecule is CC(C)c1c(C(C)(C)C)c(C2=CC=CC2)c2c(c1C(C)C)=c1c(cc(C(C)(C)C)cc1=C(c1ccccc1)c1ccccc1)[C]=2. The first-order valence-corrected chi connectivity index (χ1v) is 16.8. The molecule has 1 radical (unpaired) electrons. The Bertz CT molecular complexity index is 2010. The van der Waals surface area contributed by atoms with Crippen LogP contribution in [0.1, 0.15) is 132 Å². The molecule has 0 unspecified atom stereocenters. The number of rotatable bonds is 5. The van der Waals surface area contributed by atoms with Gasteiger partial charge >= 0.3 is 0 Å². The van der Waals surface area contributed by atoms with Gasteiger partial charge in [0.25, 0.3) is 0 Å². The van der Waals surface area contributed by atoms with Gasteiger partial charge in [-0.2, -0.15) is 0 Å². The van der Waals surface area contributed by atoms with Gasteiger partial charge in [-0.3, -0.25) is 0 Å². The topological polar surface area (TPSA) is 0 Å². The first-order valence-electron chi connectivity index (χ1n) is 16.8. The third-order valence-corrected chi connectivity index (χ3v) is 9.48. The zero-order valence-electron chi connectivity index (χ0n) is 29.0. The highest BCUT2D eigenvalue weighted by Gasteiger charge is 2.32. The van der Waals surface area contributed by atoms with Gasteiger partial charge in [0.15, 0.2) is 0 Å². The summed E-state index contributed by atoms with van der Waals surface area (Å²) in [6, 6.07) is 26.9. The molecule has 0 heteroatoms. The normalized spacial score (nSPS) is 14.1. The maximum absolute atomic E-state index is 4.13. The van der Waals surface area contributed by atoms with E-state index < -0.39 is 0 Å². The molecule has 0 amide bonds. The van der Waals surface area contributed by atoms with Crippen molar-refractivity contribution < 1.29 is 0 Å². The first-order chi connectivity index (χ1) is 21.3. The smallest absolute Gasteiger partial charge is 0.000698 e. The van der Waals surface area contributed by atoms with Gasteiger partial charge in [0.05, 0.1) is 0 Å². The number of benzene rings is 4. The third kappa shape index (κ3) is 5.48. The fourth-order valence-corrected chi connectivity index (χ4v) is 7.57. The van der Waals surface area contributed by atoms with Crippen molar-refractivity contribution in [3.05, 3.63) is 156 Å². The highest BCUT2D eigenvalue weighted by Crippen LogP contribution is 2.42. The summed E-state index contributed by atoms with van der Waals surface area (Å²) in [7, 11) is 0. The first kappa shape index (κ1) is 31.1. The van der Waals surface area contributed by atoms with Gasteiger partial charge in [0.1, 0.15) is 0 Å². The summed E-state index contributed by atoms with van der Waals surface area (Å²) >= 11 is 0. The molecule has 0 bridgehead atoms. The summed E-state index contributed by atoms with van der Waals surface area (Å²) in [5, 5.41) is 5.36. The van der Waals surface area contributed by atoms with Gasteiger partial charge < -0.3 is 0 Å². The van der Waals surface area contributed by atoms with E-state index >= 15 is 0 Å². The van der Waals surface area contributed by atoms with E-state index in [1.54, 1.807) is 0 Å². The van der Waals surface area contributed by atoms with E-state index in [2.05, 4.69) is 166 Å². The molecule has 0 heterocycles. The van der Waals surface area contributed by atoms with Gasteiger partial charge in [0, 0.05) is 0 Å². The molecule has 0 nitrogen and oxygen atoms in total. The van der Waals surface area contributed by atoms with Crippen LogP contribution in [0, 0.1) is 10.4 Å². The van der Waals surface area contributed by atoms with E-state index in [0.29, 0.717) is 11.8 Å². The molecule has 6 rings (SSSR count). The summed E-state index contributed by atoms with van der Waals surface area (Å²) in [5.74, 6) is 0.755. The Labute approximate surface area is 271 Å². The third-order valence-electron chi connectivity index (χ3n) is 9.48. The molecule has 0 aliphatic heterocycles. The fourth-order valence-electron chi connectivity index (χ4n) is 7.57. The highest BCUT2D eigenvalue weighted by molar-refractivity contribution is 5.82. The molecular formula is C45H49. The second-order valence-corrected chi connectivity index (χ2v) is 15.6. The van der Waals surface area contributed by atoms with Crippen molar-refractivity contribution in [1.82, 2.24) is 0 Å². The summed E-state index contributed by atoms with van der Waals surface area (Å²) in [6.45, 7) is 23.8. The van der Waals surface area contributed by atoms with Crippen LogP contribution in [0.5, 0.6) is 0 Å². The number of hydrogen-bond donors (Lipinski definition) is 0. The van der Waals surface area contributed by atoms with Crippen LogP contribution in [0.25, 0.3) is 17.2 Å². The van der Waals surface area contributed by atoms with E-state index in [0.717, 1.165) is 6.42 Å². The zero-order chi connectivity index (χ0) is 32.3. The number of allylic oxidation sites excluding steroid dienone is 4. The Balaban J connectivity index is 2.02. The maximum atomic E-state index is 4.13. The van der Waals surface area contributed by atoms with Crippen LogP contribution in [0.2, 0.25) is 0 Å². The molecule has 0 fully saturated rings. The molecule has 4 aromatic rings. The molecular weight excluding hydrogens is 540 g/mol. The van der Waals surface area contributed by atoms with E-state index in [1.807, 2.05) is 0 Å². The predicted molar refractivity (Wildman–Crippen MR) is 194 cm³/mol. The lowest BCUT2D eigenvalue weighted by Gasteiger charge is -2.32. The molecule has 45 heavy (non-hydrogen) atoms. The van der Waals surface area contributed by atoms with E-state index in [-0.39, 0.29) is 10.8 Å². The molecule has 229 valence electrons. The standard InChI is InChI=1S/C45H49/c1-28(2)37-38(29(3)4)43(45(8,9)10)41(32-23-17-18-24-32)35-26-33-25-34(44(5,6)7)27-36(40(33)42(35)37)39(30-19-13-11-14-20-30)31-21-15-12-16-22-31/h11-23,25,27-29H,24H2,1-10H3. The number of fused-ring (bicyclic) bond motifs is 2. The van der Waals surface area contributed by atoms with Gasteiger partial charge in [-0.1, -0.05) is 148 Å². The molecule has 0 atom stereocenters. The van der Waals surface area contributed by atoms with Crippen molar-refractivity contribution in [1.29, 1.82) is 0 Å². The van der Waals surface area contributed by atoms with Crippen LogP contribution >= 0.6 is 0 Å². The van der Waals surface area contributed by atoms with E-state index in [4.69, 9.17) is 0 Å². The maximum Gasteiger partial charge on any atom is -0.000698 e. The van der Waals surface area contributed by atoms with Gasteiger partial charge in [-0.15, -0.1) is 0 Å². The van der Waals surface area contributed by atoms with Crippen molar-refractivity contribution in [2.75, 3.05) is 0 Å². The largest absolute Gasteiger partial charge is 0.0801 e. The average molecular weight is 590 g/mol. The van der Waals surface area contributed by atoms with Crippen LogP contribution in [-0.4, -0.2) is 0 Å². The van der Waals surface area contributed by atoms with Gasteiger partial charge in [-0.25, -0.2) is 0 Å². The van der Waals surface area contributed by atoms with Crippen molar-refractivity contribution in [2.45, 2.75) is 98.3 Å². The second kappa shape index (κ2) is 11.5. The predicted octanol–water partition coefficient (Wildman–Crippen LogP) is 10.4. The molecule has 0 saturated heterocycles. The lowest BCUT2D eigenvalue weighted by atomic mass is 9.71. The second-order valence-electron chi connectivity index (χ2n) is 15.6. The van der Waals surface area contributed by atoms with Crippen LogP contribution in [0.4, 0.5) is 0 Å². The average Bonchev–Trinajstić information content (AvgIpc) is 3.64. The summed E-state index contributed by atoms with van der Waals surface area (Å²) < 4.78 is 0. The molecule has 0 spiro atoms. The molecule has 2 aliphatic rings. The van der Waals surface area contributed by atoms with Crippen LogP contribution in [0.15, 0.2) is 91.0 Å². The zero-order valence-corrected chi connectivity index (χ0v) is 29.0. The molecule has 4 aromatic carbocycles. The lowest BCUT2D eigenvalue weighted by molar-refractivity contribution is 0.570. The highest BCUT2D eigenvalue weighted by atomic mass is 14.4. The summed E-state index contributed by atoms with van der Waals surface area (Å²) in [6.07, 6.45) is 12.0. The fraction of sp³-hybridized carbons (Fsp3) is 0.333. The van der Waals surface area contributed by atoms with Crippen molar-refractivity contribution >= 4 is 17.2 Å². The van der Waals surface area contributed by atoms with E-state index in [9.17, 15) is 0 Å². The monoisotopic (exact) mass is 589 g/mol.